The fraction of sp³-hybridized carbons (Fsp3) is 0.421. The first-order chi connectivity index (χ1) is 12.6. The van der Waals surface area contributed by atoms with Gasteiger partial charge in [0.05, 0.1) is 30.5 Å². The number of benzene rings is 1. The number of ether oxygens (including phenoxy) is 2. The molecule has 1 aromatic carbocycles. The molecule has 0 unspecified atom stereocenters. The number of para-hydroxylation sites is 1. The lowest BCUT2D eigenvalue weighted by molar-refractivity contribution is -0.0589. The summed E-state index contributed by atoms with van der Waals surface area (Å²) in [5.74, 6) is -0.154. The van der Waals surface area contributed by atoms with Crippen LogP contribution in [-0.4, -0.2) is 52.6 Å². The molecule has 138 valence electrons. The number of aromatic nitrogens is 3. The molecule has 1 N–H and O–H groups in total. The quantitative estimate of drug-likeness (QED) is 0.803. The van der Waals surface area contributed by atoms with Crippen LogP contribution in [0.4, 0.5) is 0 Å². The first-order valence-electron chi connectivity index (χ1n) is 8.73. The monoisotopic (exact) mass is 356 g/mol. The second-order valence-corrected chi connectivity index (χ2v) is 6.45. The molecule has 1 aromatic heterocycles. The summed E-state index contributed by atoms with van der Waals surface area (Å²) in [5, 5.41) is 7.22. The molecule has 2 heterocycles. The zero-order valence-electron chi connectivity index (χ0n) is 15.1. The number of carbonyl (C=O) groups is 1. The van der Waals surface area contributed by atoms with Gasteiger partial charge in [0.1, 0.15) is 18.8 Å². The number of hydrogen-bond donors (Lipinski definition) is 1. The van der Waals surface area contributed by atoms with E-state index in [1.165, 1.54) is 11.9 Å². The van der Waals surface area contributed by atoms with Crippen LogP contribution < -0.4 is 5.32 Å². The lowest BCUT2D eigenvalue weighted by Gasteiger charge is -2.32. The third-order valence-electron chi connectivity index (χ3n) is 4.24. The molecule has 1 aliphatic heterocycles. The molecular formula is C19H24N4O3. The minimum absolute atomic E-state index is 0.0920. The van der Waals surface area contributed by atoms with Crippen molar-refractivity contribution in [3.63, 3.8) is 0 Å². The van der Waals surface area contributed by atoms with Crippen LogP contribution in [0.15, 0.2) is 48.6 Å². The van der Waals surface area contributed by atoms with Crippen molar-refractivity contribution in [2.45, 2.75) is 32.4 Å². The third kappa shape index (κ3) is 4.56. The first kappa shape index (κ1) is 18.3. The van der Waals surface area contributed by atoms with Crippen LogP contribution in [0.3, 0.4) is 0 Å². The van der Waals surface area contributed by atoms with Crippen LogP contribution in [0.2, 0.25) is 0 Å². The van der Waals surface area contributed by atoms with Crippen LogP contribution in [0, 0.1) is 0 Å². The second-order valence-electron chi connectivity index (χ2n) is 6.45. The zero-order chi connectivity index (χ0) is 18.4. The highest BCUT2D eigenvalue weighted by Gasteiger charge is 2.28. The molecule has 1 amide bonds. The van der Waals surface area contributed by atoms with Gasteiger partial charge in [0.15, 0.2) is 0 Å². The molecule has 26 heavy (non-hydrogen) atoms. The molecule has 1 saturated heterocycles. The summed E-state index contributed by atoms with van der Waals surface area (Å²) >= 11 is 0. The predicted molar refractivity (Wildman–Crippen MR) is 97.2 cm³/mol. The fourth-order valence-electron chi connectivity index (χ4n) is 2.82. The van der Waals surface area contributed by atoms with Crippen molar-refractivity contribution in [2.75, 3.05) is 19.8 Å². The number of allylic oxidation sites excluding steroid dienone is 1. The molecule has 7 nitrogen and oxygen atoms in total. The van der Waals surface area contributed by atoms with Crippen molar-refractivity contribution in [3.8, 4) is 5.69 Å². The summed E-state index contributed by atoms with van der Waals surface area (Å²) in [5.41, 5.74) is 2.44. The Kier molecular flexibility index (Phi) is 6.14. The predicted octanol–water partition coefficient (Wildman–Crippen LogP) is 2.14. The van der Waals surface area contributed by atoms with Gasteiger partial charge in [-0.05, 0) is 32.4 Å². The Labute approximate surface area is 153 Å². The molecule has 0 radical (unpaired) electrons. The van der Waals surface area contributed by atoms with Crippen molar-refractivity contribution >= 4 is 5.91 Å². The van der Waals surface area contributed by atoms with E-state index in [4.69, 9.17) is 9.47 Å². The fourth-order valence-corrected chi connectivity index (χ4v) is 2.82. The van der Waals surface area contributed by atoms with Gasteiger partial charge >= 0.3 is 0 Å². The largest absolute Gasteiger partial charge is 0.379 e. The summed E-state index contributed by atoms with van der Waals surface area (Å²) in [6, 6.07) is 7.24. The molecule has 1 aliphatic rings. The minimum atomic E-state index is -0.165. The van der Waals surface area contributed by atoms with Gasteiger partial charge in [-0.1, -0.05) is 23.8 Å². The standard InChI is InChI=1S/C19H24N4O3/c1-14(2)7-10-26-18-11-25-9-8-16(18)22-19(24)15-5-3-4-6-17(15)23-13-20-12-21-23/h3-7,12-13,16,18H,8-11H2,1-2H3,(H,22,24)/t16-,18-/m1/s1. The van der Waals surface area contributed by atoms with Crippen molar-refractivity contribution in [1.82, 2.24) is 20.1 Å². The number of rotatable bonds is 6. The summed E-state index contributed by atoms with van der Waals surface area (Å²) < 4.78 is 13.0. The van der Waals surface area contributed by atoms with Gasteiger partial charge in [-0.2, -0.15) is 5.10 Å². The Morgan fingerprint density at radius 3 is 3.04 bits per heavy atom. The topological polar surface area (TPSA) is 78.3 Å². The Bertz CT molecular complexity index is 754. The van der Waals surface area contributed by atoms with E-state index in [2.05, 4.69) is 15.4 Å². The maximum atomic E-state index is 12.9. The second kappa shape index (κ2) is 8.73. The average molecular weight is 356 g/mol. The Balaban J connectivity index is 1.71. The smallest absolute Gasteiger partial charge is 0.253 e. The van der Waals surface area contributed by atoms with Crippen LogP contribution in [0.1, 0.15) is 30.6 Å². The highest BCUT2D eigenvalue weighted by molar-refractivity contribution is 5.97. The molecule has 0 bridgehead atoms. The SMILES string of the molecule is CC(C)=CCO[C@@H]1COCC[C@H]1NC(=O)c1ccccc1-n1cncn1. The van der Waals surface area contributed by atoms with Gasteiger partial charge in [-0.15, -0.1) is 0 Å². The Morgan fingerprint density at radius 1 is 1.42 bits per heavy atom. The summed E-state index contributed by atoms with van der Waals surface area (Å²) in [6.45, 7) is 5.66. The average Bonchev–Trinajstić information content (AvgIpc) is 3.17. The Hall–Kier alpha value is -2.51. The third-order valence-corrected chi connectivity index (χ3v) is 4.24. The van der Waals surface area contributed by atoms with E-state index in [0.29, 0.717) is 31.1 Å². The number of nitrogens with zero attached hydrogens (tertiary/aromatic N) is 3. The van der Waals surface area contributed by atoms with Crippen molar-refractivity contribution in [2.24, 2.45) is 0 Å². The van der Waals surface area contributed by atoms with Gasteiger partial charge in [0, 0.05) is 6.61 Å². The van der Waals surface area contributed by atoms with E-state index in [-0.39, 0.29) is 18.1 Å². The lowest BCUT2D eigenvalue weighted by atomic mass is 10.0. The van der Waals surface area contributed by atoms with Gasteiger partial charge in [-0.25, -0.2) is 9.67 Å². The number of carbonyl (C=O) groups excluding carboxylic acids is 1. The number of amides is 1. The van der Waals surface area contributed by atoms with Gasteiger partial charge in [0.25, 0.3) is 5.91 Å². The first-order valence-corrected chi connectivity index (χ1v) is 8.73. The van der Waals surface area contributed by atoms with Crippen molar-refractivity contribution in [3.05, 3.63) is 54.1 Å². The summed E-state index contributed by atoms with van der Waals surface area (Å²) in [4.78, 5) is 16.8. The van der Waals surface area contributed by atoms with E-state index in [1.807, 2.05) is 38.1 Å². The maximum absolute atomic E-state index is 12.9. The molecule has 2 atom stereocenters. The zero-order valence-corrected chi connectivity index (χ0v) is 15.1. The number of hydrogen-bond acceptors (Lipinski definition) is 5. The van der Waals surface area contributed by atoms with Crippen LogP contribution >= 0.6 is 0 Å². The molecule has 2 aromatic rings. The van der Waals surface area contributed by atoms with Gasteiger partial charge in [-0.3, -0.25) is 4.79 Å². The highest BCUT2D eigenvalue weighted by Crippen LogP contribution is 2.16. The van der Waals surface area contributed by atoms with Gasteiger partial charge in [0.2, 0.25) is 0 Å². The van der Waals surface area contributed by atoms with Crippen molar-refractivity contribution < 1.29 is 14.3 Å². The maximum Gasteiger partial charge on any atom is 0.253 e. The molecule has 0 saturated carbocycles. The molecular weight excluding hydrogens is 332 g/mol. The minimum Gasteiger partial charge on any atom is -0.379 e. The summed E-state index contributed by atoms with van der Waals surface area (Å²) in [6.07, 6.45) is 5.60. The molecule has 0 aliphatic carbocycles. The van der Waals surface area contributed by atoms with Crippen molar-refractivity contribution in [1.29, 1.82) is 0 Å². The normalized spacial score (nSPS) is 19.8. The molecule has 3 rings (SSSR count). The van der Waals surface area contributed by atoms with E-state index in [0.717, 1.165) is 6.42 Å². The highest BCUT2D eigenvalue weighted by atomic mass is 16.5. The van der Waals surface area contributed by atoms with Crippen LogP contribution in [0.25, 0.3) is 5.69 Å². The number of nitrogens with one attached hydrogen (secondary N) is 1. The summed E-state index contributed by atoms with van der Waals surface area (Å²) in [7, 11) is 0. The van der Waals surface area contributed by atoms with Gasteiger partial charge < -0.3 is 14.8 Å². The Morgan fingerprint density at radius 2 is 2.27 bits per heavy atom. The van der Waals surface area contributed by atoms with E-state index in [9.17, 15) is 4.79 Å². The van der Waals surface area contributed by atoms with Crippen LogP contribution in [-0.2, 0) is 9.47 Å². The molecule has 7 heteroatoms. The van der Waals surface area contributed by atoms with E-state index in [1.54, 1.807) is 17.1 Å². The van der Waals surface area contributed by atoms with Crippen LogP contribution in [0.5, 0.6) is 0 Å². The van der Waals surface area contributed by atoms with E-state index >= 15 is 0 Å². The molecule has 0 spiro atoms. The lowest BCUT2D eigenvalue weighted by Crippen LogP contribution is -2.50. The van der Waals surface area contributed by atoms with E-state index < -0.39 is 0 Å². The molecule has 1 fully saturated rings.